The van der Waals surface area contributed by atoms with Crippen LogP contribution < -0.4 is 9.47 Å². The Labute approximate surface area is 169 Å². The van der Waals surface area contributed by atoms with Crippen LogP contribution in [0.25, 0.3) is 6.08 Å². The summed E-state index contributed by atoms with van der Waals surface area (Å²) in [5.41, 5.74) is 1.40. The number of rotatable bonds is 9. The summed E-state index contributed by atoms with van der Waals surface area (Å²) < 4.78 is 35.3. The van der Waals surface area contributed by atoms with Crippen molar-refractivity contribution in [3.63, 3.8) is 0 Å². The zero-order valence-corrected chi connectivity index (χ0v) is 16.6. The molecule has 4 nitrogen and oxygen atoms in total. The highest BCUT2D eigenvalue weighted by Gasteiger charge is 2.33. The van der Waals surface area contributed by atoms with E-state index in [2.05, 4.69) is 11.7 Å². The summed E-state index contributed by atoms with van der Waals surface area (Å²) in [4.78, 5) is 14.8. The van der Waals surface area contributed by atoms with Crippen LogP contribution in [-0.2, 0) is 11.3 Å². The smallest absolute Gasteiger partial charge is 0.387 e. The molecule has 2 aromatic carbocycles. The number of carbonyl (C=O) groups is 1. The fraction of sp³-hybridized carbons (Fsp3) is 0.348. The van der Waals surface area contributed by atoms with Crippen molar-refractivity contribution >= 4 is 12.0 Å². The zero-order chi connectivity index (χ0) is 20.8. The van der Waals surface area contributed by atoms with Crippen molar-refractivity contribution in [3.05, 3.63) is 65.7 Å². The molecule has 1 atom stereocenters. The van der Waals surface area contributed by atoms with E-state index < -0.39 is 6.61 Å². The predicted octanol–water partition coefficient (Wildman–Crippen LogP) is 5.14. The molecule has 3 rings (SSSR count). The van der Waals surface area contributed by atoms with Gasteiger partial charge in [-0.05, 0) is 43.4 Å². The minimum Gasteiger partial charge on any atom is -0.493 e. The van der Waals surface area contributed by atoms with Crippen molar-refractivity contribution in [1.29, 1.82) is 0 Å². The van der Waals surface area contributed by atoms with E-state index in [4.69, 9.17) is 4.74 Å². The van der Waals surface area contributed by atoms with E-state index in [-0.39, 0.29) is 23.4 Å². The normalized spacial score (nSPS) is 14.8. The van der Waals surface area contributed by atoms with Crippen LogP contribution >= 0.6 is 0 Å². The maximum Gasteiger partial charge on any atom is 0.387 e. The van der Waals surface area contributed by atoms with Gasteiger partial charge in [0.1, 0.15) is 0 Å². The summed E-state index contributed by atoms with van der Waals surface area (Å²) in [5.74, 6) is 0.441. The molecule has 0 heterocycles. The molecule has 1 aliphatic rings. The summed E-state index contributed by atoms with van der Waals surface area (Å²) >= 11 is 0. The second-order valence-electron chi connectivity index (χ2n) is 7.12. The molecule has 1 unspecified atom stereocenters. The number of halogens is 2. The average Bonchev–Trinajstić information content (AvgIpc) is 3.56. The van der Waals surface area contributed by atoms with E-state index in [1.165, 1.54) is 25.3 Å². The van der Waals surface area contributed by atoms with Crippen LogP contribution in [-0.4, -0.2) is 30.6 Å². The fourth-order valence-corrected chi connectivity index (χ4v) is 3.33. The number of methoxy groups -OCH3 is 1. The minimum atomic E-state index is -2.99. The lowest BCUT2D eigenvalue weighted by Gasteiger charge is -2.28. The van der Waals surface area contributed by atoms with Crippen molar-refractivity contribution in [2.24, 2.45) is 5.92 Å². The molecule has 0 aromatic heterocycles. The lowest BCUT2D eigenvalue weighted by atomic mass is 10.1. The van der Waals surface area contributed by atoms with Gasteiger partial charge in [0, 0.05) is 24.2 Å². The van der Waals surface area contributed by atoms with Crippen molar-refractivity contribution < 1.29 is 23.0 Å². The third-order valence-corrected chi connectivity index (χ3v) is 5.12. The van der Waals surface area contributed by atoms with Gasteiger partial charge in [-0.3, -0.25) is 4.79 Å². The predicted molar refractivity (Wildman–Crippen MR) is 108 cm³/mol. The number of benzene rings is 2. The Bertz CT molecular complexity index is 850. The molecule has 6 heteroatoms. The number of para-hydroxylation sites is 1. The first-order valence-corrected chi connectivity index (χ1v) is 9.64. The van der Waals surface area contributed by atoms with Gasteiger partial charge in [-0.25, -0.2) is 0 Å². The van der Waals surface area contributed by atoms with Crippen LogP contribution in [0.1, 0.15) is 30.9 Å². The van der Waals surface area contributed by atoms with Gasteiger partial charge < -0.3 is 14.4 Å². The van der Waals surface area contributed by atoms with Crippen molar-refractivity contribution in [2.75, 3.05) is 7.11 Å². The lowest BCUT2D eigenvalue weighted by Crippen LogP contribution is -2.38. The molecule has 0 bridgehead atoms. The van der Waals surface area contributed by atoms with Crippen LogP contribution in [0.4, 0.5) is 8.78 Å². The number of hydrogen-bond donors (Lipinski definition) is 0. The highest BCUT2D eigenvalue weighted by Crippen LogP contribution is 2.36. The molecule has 0 spiro atoms. The molecule has 0 aliphatic heterocycles. The zero-order valence-electron chi connectivity index (χ0n) is 16.6. The largest absolute Gasteiger partial charge is 0.493 e. The number of carbonyl (C=O) groups excluding carboxylic acids is 1. The quantitative estimate of drug-likeness (QED) is 0.547. The van der Waals surface area contributed by atoms with Gasteiger partial charge in [-0.2, -0.15) is 8.78 Å². The standard InChI is InChI=1S/C23H25F2NO3/c1-16(18-11-12-18)26(15-17-7-4-3-5-8-17)21(27)14-13-19-9-6-10-20(28-2)22(19)29-23(24)25/h3-10,13-14,16,18,23H,11-12,15H2,1-2H3/b14-13+. The van der Waals surface area contributed by atoms with Crippen molar-refractivity contribution in [1.82, 2.24) is 4.90 Å². The molecule has 1 saturated carbocycles. The first kappa shape index (κ1) is 20.8. The van der Waals surface area contributed by atoms with Crippen LogP contribution in [0.5, 0.6) is 11.5 Å². The molecule has 0 saturated heterocycles. The third-order valence-electron chi connectivity index (χ3n) is 5.12. The summed E-state index contributed by atoms with van der Waals surface area (Å²) in [7, 11) is 1.38. The lowest BCUT2D eigenvalue weighted by molar-refractivity contribution is -0.129. The SMILES string of the molecule is COc1cccc(/C=C/C(=O)N(Cc2ccccc2)C(C)C2CC2)c1OC(F)F. The Balaban J connectivity index is 1.82. The number of hydrogen-bond acceptors (Lipinski definition) is 3. The Morgan fingerprint density at radius 3 is 2.52 bits per heavy atom. The second-order valence-corrected chi connectivity index (χ2v) is 7.12. The third kappa shape index (κ3) is 5.56. The van der Waals surface area contributed by atoms with E-state index in [9.17, 15) is 13.6 Å². The highest BCUT2D eigenvalue weighted by molar-refractivity contribution is 5.92. The molecule has 0 N–H and O–H groups in total. The van der Waals surface area contributed by atoms with Gasteiger partial charge in [0.25, 0.3) is 0 Å². The van der Waals surface area contributed by atoms with Gasteiger partial charge in [0.15, 0.2) is 11.5 Å². The van der Waals surface area contributed by atoms with Crippen LogP contribution in [0.15, 0.2) is 54.6 Å². The maximum absolute atomic E-state index is 13.0. The van der Waals surface area contributed by atoms with Crippen molar-refractivity contribution in [3.8, 4) is 11.5 Å². The summed E-state index contributed by atoms with van der Waals surface area (Å²) in [6.07, 6.45) is 5.15. The van der Waals surface area contributed by atoms with E-state index in [1.807, 2.05) is 35.2 Å². The van der Waals surface area contributed by atoms with Crippen LogP contribution in [0, 0.1) is 5.92 Å². The summed E-state index contributed by atoms with van der Waals surface area (Å²) in [6.45, 7) is -0.428. The molecule has 29 heavy (non-hydrogen) atoms. The molecule has 154 valence electrons. The summed E-state index contributed by atoms with van der Waals surface area (Å²) in [6, 6.07) is 14.7. The Morgan fingerprint density at radius 2 is 1.90 bits per heavy atom. The fourth-order valence-electron chi connectivity index (χ4n) is 3.33. The maximum atomic E-state index is 13.0. The Hall–Kier alpha value is -2.89. The van der Waals surface area contributed by atoms with Crippen LogP contribution in [0.2, 0.25) is 0 Å². The minimum absolute atomic E-state index is 0.0844. The number of alkyl halides is 2. The van der Waals surface area contributed by atoms with Gasteiger partial charge in [0.05, 0.1) is 7.11 Å². The molecular formula is C23H25F2NO3. The molecule has 1 amide bonds. The van der Waals surface area contributed by atoms with E-state index in [0.717, 1.165) is 18.4 Å². The Kier molecular flexibility index (Phi) is 6.86. The molecular weight excluding hydrogens is 376 g/mol. The average molecular weight is 401 g/mol. The number of ether oxygens (including phenoxy) is 2. The van der Waals surface area contributed by atoms with Gasteiger partial charge >= 0.3 is 6.61 Å². The van der Waals surface area contributed by atoms with E-state index >= 15 is 0 Å². The number of nitrogens with zero attached hydrogens (tertiary/aromatic N) is 1. The molecule has 1 aliphatic carbocycles. The first-order chi connectivity index (χ1) is 14.0. The van der Waals surface area contributed by atoms with E-state index in [1.54, 1.807) is 12.1 Å². The Morgan fingerprint density at radius 1 is 1.17 bits per heavy atom. The van der Waals surface area contributed by atoms with Gasteiger partial charge in [-0.15, -0.1) is 0 Å². The topological polar surface area (TPSA) is 38.8 Å². The second kappa shape index (κ2) is 9.54. The molecule has 0 radical (unpaired) electrons. The van der Waals surface area contributed by atoms with Crippen molar-refractivity contribution in [2.45, 2.75) is 39.0 Å². The monoisotopic (exact) mass is 401 g/mol. The number of amides is 1. The van der Waals surface area contributed by atoms with Crippen LogP contribution in [0.3, 0.4) is 0 Å². The first-order valence-electron chi connectivity index (χ1n) is 9.64. The van der Waals surface area contributed by atoms with E-state index in [0.29, 0.717) is 18.0 Å². The van der Waals surface area contributed by atoms with Gasteiger partial charge in [0.2, 0.25) is 5.91 Å². The molecule has 2 aromatic rings. The van der Waals surface area contributed by atoms with Gasteiger partial charge in [-0.1, -0.05) is 42.5 Å². The highest BCUT2D eigenvalue weighted by atomic mass is 19.3. The molecule has 1 fully saturated rings. The summed E-state index contributed by atoms with van der Waals surface area (Å²) in [5, 5.41) is 0.